The minimum atomic E-state index is -0.500. The van der Waals surface area contributed by atoms with Gasteiger partial charge in [-0.25, -0.2) is 4.98 Å². The number of aromatic nitrogens is 1. The number of nitrogens with one attached hydrogen (secondary N) is 1. The first-order valence-electron chi connectivity index (χ1n) is 4.83. The summed E-state index contributed by atoms with van der Waals surface area (Å²) < 4.78 is 0. The van der Waals surface area contributed by atoms with E-state index in [-0.39, 0.29) is 11.4 Å². The number of nitro groups is 1. The minimum Gasteiger partial charge on any atom is -0.393 e. The van der Waals surface area contributed by atoms with Crippen molar-refractivity contribution < 1.29 is 4.92 Å². The van der Waals surface area contributed by atoms with Gasteiger partial charge < -0.3 is 11.1 Å². The second-order valence-corrected chi connectivity index (χ2v) is 4.29. The monoisotopic (exact) mass is 250 g/mol. The summed E-state index contributed by atoms with van der Waals surface area (Å²) in [5.41, 5.74) is 6.39. The molecule has 0 unspecified atom stereocenters. The molecule has 0 radical (unpaired) electrons. The normalized spacial score (nSPS) is 10.1. The summed E-state index contributed by atoms with van der Waals surface area (Å²) in [7, 11) is 0. The molecule has 0 saturated carbocycles. The highest BCUT2D eigenvalue weighted by atomic mass is 32.1. The van der Waals surface area contributed by atoms with Gasteiger partial charge in [0, 0.05) is 23.3 Å². The van der Waals surface area contributed by atoms with Gasteiger partial charge in [-0.15, -0.1) is 11.3 Å². The van der Waals surface area contributed by atoms with Crippen molar-refractivity contribution in [3.8, 4) is 0 Å². The standard InChI is InChI=1S/C10H10N4O2S/c11-8-5-7(1-2-9(8)14(15)16)13-6-10-12-3-4-17-10/h1-5,13H,6,11H2. The SMILES string of the molecule is Nc1cc(NCc2nccs2)ccc1[N+](=O)[O-]. The van der Waals surface area contributed by atoms with E-state index in [9.17, 15) is 10.1 Å². The van der Waals surface area contributed by atoms with E-state index in [4.69, 9.17) is 5.73 Å². The lowest BCUT2D eigenvalue weighted by molar-refractivity contribution is -0.383. The van der Waals surface area contributed by atoms with Gasteiger partial charge in [-0.05, 0) is 12.1 Å². The number of anilines is 2. The van der Waals surface area contributed by atoms with Crippen molar-refractivity contribution >= 4 is 28.4 Å². The molecule has 1 aromatic carbocycles. The Balaban J connectivity index is 2.07. The van der Waals surface area contributed by atoms with Crippen molar-refractivity contribution in [1.29, 1.82) is 0 Å². The van der Waals surface area contributed by atoms with Crippen LogP contribution in [0.4, 0.5) is 17.1 Å². The van der Waals surface area contributed by atoms with E-state index in [1.54, 1.807) is 29.7 Å². The van der Waals surface area contributed by atoms with Gasteiger partial charge in [0.1, 0.15) is 10.7 Å². The van der Waals surface area contributed by atoms with Crippen LogP contribution < -0.4 is 11.1 Å². The number of nitrogens with two attached hydrogens (primary N) is 1. The third-order valence-electron chi connectivity index (χ3n) is 2.15. The highest BCUT2D eigenvalue weighted by molar-refractivity contribution is 7.09. The molecule has 0 bridgehead atoms. The van der Waals surface area contributed by atoms with Crippen LogP contribution in [0.2, 0.25) is 0 Å². The lowest BCUT2D eigenvalue weighted by Crippen LogP contribution is -2.01. The van der Waals surface area contributed by atoms with E-state index >= 15 is 0 Å². The molecule has 0 aliphatic carbocycles. The summed E-state index contributed by atoms with van der Waals surface area (Å²) >= 11 is 1.54. The number of nitrogen functional groups attached to an aromatic ring is 1. The van der Waals surface area contributed by atoms with E-state index in [1.165, 1.54) is 6.07 Å². The Hall–Kier alpha value is -2.15. The number of nitrogens with zero attached hydrogens (tertiary/aromatic N) is 2. The maximum Gasteiger partial charge on any atom is 0.292 e. The smallest absolute Gasteiger partial charge is 0.292 e. The van der Waals surface area contributed by atoms with E-state index in [0.29, 0.717) is 6.54 Å². The first-order chi connectivity index (χ1) is 8.16. The van der Waals surface area contributed by atoms with Crippen LogP contribution in [-0.2, 0) is 6.54 Å². The van der Waals surface area contributed by atoms with Gasteiger partial charge >= 0.3 is 0 Å². The molecule has 0 aliphatic heterocycles. The molecule has 6 nitrogen and oxygen atoms in total. The molecule has 3 N–H and O–H groups in total. The highest BCUT2D eigenvalue weighted by Gasteiger charge is 2.10. The maximum absolute atomic E-state index is 10.6. The molecule has 17 heavy (non-hydrogen) atoms. The van der Waals surface area contributed by atoms with Gasteiger partial charge in [0.05, 0.1) is 11.5 Å². The van der Waals surface area contributed by atoms with Crippen molar-refractivity contribution in [3.05, 3.63) is 44.9 Å². The van der Waals surface area contributed by atoms with Crippen molar-refractivity contribution in [3.63, 3.8) is 0 Å². The number of hydrogen-bond donors (Lipinski definition) is 2. The number of rotatable bonds is 4. The molecule has 0 spiro atoms. The van der Waals surface area contributed by atoms with Crippen LogP contribution in [-0.4, -0.2) is 9.91 Å². The molecular formula is C10H10N4O2S. The molecular weight excluding hydrogens is 240 g/mol. The van der Waals surface area contributed by atoms with Crippen LogP contribution in [0.25, 0.3) is 0 Å². The van der Waals surface area contributed by atoms with Crippen LogP contribution in [0.5, 0.6) is 0 Å². The van der Waals surface area contributed by atoms with Crippen LogP contribution in [0, 0.1) is 10.1 Å². The van der Waals surface area contributed by atoms with E-state index in [1.807, 2.05) is 5.38 Å². The Labute approximate surface area is 101 Å². The zero-order valence-electron chi connectivity index (χ0n) is 8.79. The summed E-state index contributed by atoms with van der Waals surface area (Å²) in [5.74, 6) is 0. The van der Waals surface area contributed by atoms with Crippen molar-refractivity contribution in [1.82, 2.24) is 4.98 Å². The predicted octanol–water partition coefficient (Wildman–Crippen LogP) is 2.25. The van der Waals surface area contributed by atoms with E-state index in [0.717, 1.165) is 10.7 Å². The number of thiazole rings is 1. The largest absolute Gasteiger partial charge is 0.393 e. The van der Waals surface area contributed by atoms with Crippen LogP contribution >= 0.6 is 11.3 Å². The van der Waals surface area contributed by atoms with Gasteiger partial charge in [-0.3, -0.25) is 10.1 Å². The summed E-state index contributed by atoms with van der Waals surface area (Å²) in [6.45, 7) is 0.578. The molecule has 2 aromatic rings. The minimum absolute atomic E-state index is 0.0789. The van der Waals surface area contributed by atoms with Crippen LogP contribution in [0.1, 0.15) is 5.01 Å². The summed E-state index contributed by atoms with van der Waals surface area (Å²) in [4.78, 5) is 14.2. The predicted molar refractivity (Wildman–Crippen MR) is 66.9 cm³/mol. The summed E-state index contributed by atoms with van der Waals surface area (Å²) in [6, 6.07) is 4.56. The summed E-state index contributed by atoms with van der Waals surface area (Å²) in [6.07, 6.45) is 1.73. The van der Waals surface area contributed by atoms with Crippen molar-refractivity contribution in [2.75, 3.05) is 11.1 Å². The van der Waals surface area contributed by atoms with Crippen LogP contribution in [0.3, 0.4) is 0 Å². The Morgan fingerprint density at radius 1 is 1.53 bits per heavy atom. The molecule has 0 saturated heterocycles. The average molecular weight is 250 g/mol. The Bertz CT molecular complexity index is 527. The molecule has 88 valence electrons. The van der Waals surface area contributed by atoms with Gasteiger partial charge in [0.25, 0.3) is 5.69 Å². The van der Waals surface area contributed by atoms with E-state index < -0.39 is 4.92 Å². The Morgan fingerprint density at radius 2 is 2.35 bits per heavy atom. The third-order valence-corrected chi connectivity index (χ3v) is 2.93. The Kier molecular flexibility index (Phi) is 3.20. The van der Waals surface area contributed by atoms with Gasteiger partial charge in [-0.1, -0.05) is 0 Å². The zero-order valence-corrected chi connectivity index (χ0v) is 9.61. The number of benzene rings is 1. The molecule has 0 fully saturated rings. The van der Waals surface area contributed by atoms with Gasteiger partial charge in [0.15, 0.2) is 0 Å². The third kappa shape index (κ3) is 2.70. The number of hydrogen-bond acceptors (Lipinski definition) is 6. The van der Waals surface area contributed by atoms with Gasteiger partial charge in [0.2, 0.25) is 0 Å². The second kappa shape index (κ2) is 4.79. The van der Waals surface area contributed by atoms with Crippen LogP contribution in [0.15, 0.2) is 29.8 Å². The lowest BCUT2D eigenvalue weighted by atomic mass is 10.2. The fourth-order valence-corrected chi connectivity index (χ4v) is 1.90. The lowest BCUT2D eigenvalue weighted by Gasteiger charge is -2.05. The van der Waals surface area contributed by atoms with Crippen molar-refractivity contribution in [2.45, 2.75) is 6.54 Å². The molecule has 0 amide bonds. The fraction of sp³-hybridized carbons (Fsp3) is 0.100. The molecule has 2 rings (SSSR count). The fourth-order valence-electron chi connectivity index (χ4n) is 1.35. The van der Waals surface area contributed by atoms with E-state index in [2.05, 4.69) is 10.3 Å². The molecule has 1 heterocycles. The first-order valence-corrected chi connectivity index (χ1v) is 5.71. The Morgan fingerprint density at radius 3 is 2.94 bits per heavy atom. The molecule has 0 aliphatic rings. The van der Waals surface area contributed by atoms with Crippen molar-refractivity contribution in [2.24, 2.45) is 0 Å². The molecule has 0 atom stereocenters. The molecule has 1 aromatic heterocycles. The zero-order chi connectivity index (χ0) is 12.3. The first kappa shape index (κ1) is 11.3. The quantitative estimate of drug-likeness (QED) is 0.493. The maximum atomic E-state index is 10.6. The average Bonchev–Trinajstić information content (AvgIpc) is 2.78. The van der Waals surface area contributed by atoms with Gasteiger partial charge in [-0.2, -0.15) is 0 Å². The highest BCUT2D eigenvalue weighted by Crippen LogP contribution is 2.24. The molecule has 7 heteroatoms. The topological polar surface area (TPSA) is 94.1 Å². The second-order valence-electron chi connectivity index (χ2n) is 3.31. The number of nitro benzene ring substituents is 1. The summed E-state index contributed by atoms with van der Waals surface area (Å²) in [5, 5.41) is 16.5.